The van der Waals surface area contributed by atoms with Gasteiger partial charge in [-0.3, -0.25) is 0 Å². The minimum Gasteiger partial charge on any atom is -0.393 e. The second kappa shape index (κ2) is 5.82. The lowest BCUT2D eigenvalue weighted by molar-refractivity contribution is -0.129. The minimum atomic E-state index is -0.291. The van der Waals surface area contributed by atoms with Crippen LogP contribution in [-0.2, 0) is 4.74 Å². The van der Waals surface area contributed by atoms with E-state index >= 15 is 0 Å². The molecule has 0 aromatic heterocycles. The van der Waals surface area contributed by atoms with Crippen molar-refractivity contribution in [1.29, 1.82) is 0 Å². The number of aliphatic hydroxyl groups excluding tert-OH is 2. The Labute approximate surface area is 146 Å². The summed E-state index contributed by atoms with van der Waals surface area (Å²) in [6, 6.07) is 0. The van der Waals surface area contributed by atoms with E-state index in [0.717, 1.165) is 25.9 Å². The van der Waals surface area contributed by atoms with Gasteiger partial charge in [0.2, 0.25) is 0 Å². The Balaban J connectivity index is 1.70. The third-order valence-corrected chi connectivity index (χ3v) is 8.68. The molecule has 0 aromatic rings. The van der Waals surface area contributed by atoms with Gasteiger partial charge in [0, 0.05) is 13.7 Å². The standard InChI is InChI=1S/C21H34O3/c1-20-8-6-14(22)11-18(20)13(12-24-3)10-15-16-4-5-19(23)21(16,2)9-7-17(15)20/h6,8,13-19,22-23H,4-5,7,9-12H2,1-3H3/t13-,14?,15-,16-,17-,18?,19?,20+,21-/m0/s1. The van der Waals surface area contributed by atoms with E-state index in [4.69, 9.17) is 4.74 Å². The third-order valence-electron chi connectivity index (χ3n) is 8.68. The molecule has 0 saturated heterocycles. The fourth-order valence-corrected chi connectivity index (χ4v) is 7.41. The van der Waals surface area contributed by atoms with Gasteiger partial charge in [0.15, 0.2) is 0 Å². The van der Waals surface area contributed by atoms with Crippen molar-refractivity contribution in [3.63, 3.8) is 0 Å². The zero-order valence-corrected chi connectivity index (χ0v) is 15.4. The zero-order valence-electron chi connectivity index (χ0n) is 15.4. The third kappa shape index (κ3) is 2.27. The van der Waals surface area contributed by atoms with Crippen molar-refractivity contribution in [3.8, 4) is 0 Å². The summed E-state index contributed by atoms with van der Waals surface area (Å²) in [7, 11) is 1.81. The zero-order chi connectivity index (χ0) is 17.1. The molecule has 3 nitrogen and oxygen atoms in total. The predicted molar refractivity (Wildman–Crippen MR) is 94.4 cm³/mol. The minimum absolute atomic E-state index is 0.112. The van der Waals surface area contributed by atoms with Crippen molar-refractivity contribution in [3.05, 3.63) is 12.2 Å². The van der Waals surface area contributed by atoms with E-state index in [2.05, 4.69) is 19.9 Å². The van der Waals surface area contributed by atoms with Crippen molar-refractivity contribution < 1.29 is 14.9 Å². The van der Waals surface area contributed by atoms with Crippen LogP contribution >= 0.6 is 0 Å². The number of hydrogen-bond donors (Lipinski definition) is 2. The van der Waals surface area contributed by atoms with Crippen LogP contribution in [0.25, 0.3) is 0 Å². The van der Waals surface area contributed by atoms with Gasteiger partial charge in [-0.1, -0.05) is 26.0 Å². The molecule has 136 valence electrons. The molecular weight excluding hydrogens is 300 g/mol. The number of methoxy groups -OCH3 is 1. The lowest BCUT2D eigenvalue weighted by Crippen LogP contribution is -2.56. The molecule has 4 aliphatic carbocycles. The molecule has 0 heterocycles. The van der Waals surface area contributed by atoms with E-state index in [1.54, 1.807) is 0 Å². The maximum Gasteiger partial charge on any atom is 0.0724 e. The quantitative estimate of drug-likeness (QED) is 0.761. The first-order valence-corrected chi connectivity index (χ1v) is 9.94. The van der Waals surface area contributed by atoms with E-state index in [0.29, 0.717) is 29.6 Å². The summed E-state index contributed by atoms with van der Waals surface area (Å²) in [5, 5.41) is 20.8. The maximum atomic E-state index is 10.6. The molecule has 4 rings (SSSR count). The second-order valence-electron chi connectivity index (χ2n) is 9.60. The Morgan fingerprint density at radius 1 is 1.04 bits per heavy atom. The first kappa shape index (κ1) is 17.1. The van der Waals surface area contributed by atoms with Gasteiger partial charge in [-0.2, -0.15) is 0 Å². The van der Waals surface area contributed by atoms with Crippen molar-refractivity contribution in [2.45, 2.75) is 64.6 Å². The average Bonchev–Trinajstić information content (AvgIpc) is 2.85. The summed E-state index contributed by atoms with van der Waals surface area (Å²) in [5.74, 6) is 3.10. The second-order valence-corrected chi connectivity index (χ2v) is 9.60. The highest BCUT2D eigenvalue weighted by molar-refractivity contribution is 5.18. The molecule has 0 aliphatic heterocycles. The number of hydrogen-bond acceptors (Lipinski definition) is 3. The normalized spacial score (nSPS) is 56.5. The van der Waals surface area contributed by atoms with Gasteiger partial charge >= 0.3 is 0 Å². The van der Waals surface area contributed by atoms with Gasteiger partial charge in [0.05, 0.1) is 12.2 Å². The molecule has 3 saturated carbocycles. The number of allylic oxidation sites excluding steroid dienone is 1. The summed E-state index contributed by atoms with van der Waals surface area (Å²) >= 11 is 0. The number of ether oxygens (including phenoxy) is 1. The molecule has 3 unspecified atom stereocenters. The SMILES string of the molecule is COC[C@@H]1C[C@@H]2[C@H](CC[C@]3(C)C(O)CC[C@@H]23)[C@@]2(C)C=CC(O)CC12. The lowest BCUT2D eigenvalue weighted by Gasteiger charge is -2.61. The molecule has 9 atom stereocenters. The van der Waals surface area contributed by atoms with Crippen LogP contribution in [0.2, 0.25) is 0 Å². The molecular formula is C21H34O3. The Morgan fingerprint density at radius 3 is 2.58 bits per heavy atom. The Kier molecular flexibility index (Phi) is 4.14. The molecule has 4 aliphatic rings. The number of aliphatic hydroxyl groups is 2. The van der Waals surface area contributed by atoms with Crippen LogP contribution in [0.4, 0.5) is 0 Å². The van der Waals surface area contributed by atoms with Gasteiger partial charge in [0.25, 0.3) is 0 Å². The molecule has 0 bridgehead atoms. The molecule has 0 aromatic carbocycles. The van der Waals surface area contributed by atoms with E-state index < -0.39 is 0 Å². The van der Waals surface area contributed by atoms with E-state index in [9.17, 15) is 10.2 Å². The van der Waals surface area contributed by atoms with Gasteiger partial charge in [-0.15, -0.1) is 0 Å². The highest BCUT2D eigenvalue weighted by Gasteiger charge is 2.61. The van der Waals surface area contributed by atoms with Crippen molar-refractivity contribution in [2.75, 3.05) is 13.7 Å². The average molecular weight is 335 g/mol. The molecule has 0 radical (unpaired) electrons. The van der Waals surface area contributed by atoms with Gasteiger partial charge < -0.3 is 14.9 Å². The van der Waals surface area contributed by atoms with Gasteiger partial charge in [-0.25, -0.2) is 0 Å². The smallest absolute Gasteiger partial charge is 0.0724 e. The summed E-state index contributed by atoms with van der Waals surface area (Å²) in [4.78, 5) is 0. The van der Waals surface area contributed by atoms with Crippen LogP contribution in [0.5, 0.6) is 0 Å². The van der Waals surface area contributed by atoms with Gasteiger partial charge in [-0.05, 0) is 78.9 Å². The van der Waals surface area contributed by atoms with Crippen molar-refractivity contribution in [2.24, 2.45) is 40.4 Å². The van der Waals surface area contributed by atoms with E-state index in [1.165, 1.54) is 19.3 Å². The Bertz CT molecular complexity index is 517. The lowest BCUT2D eigenvalue weighted by atomic mass is 9.44. The molecule has 2 N–H and O–H groups in total. The summed E-state index contributed by atoms with van der Waals surface area (Å²) in [6.45, 7) is 5.58. The first-order chi connectivity index (χ1) is 11.4. The molecule has 3 fully saturated rings. The van der Waals surface area contributed by atoms with E-state index in [-0.39, 0.29) is 23.0 Å². The van der Waals surface area contributed by atoms with Gasteiger partial charge in [0.1, 0.15) is 0 Å². The first-order valence-electron chi connectivity index (χ1n) is 9.94. The highest BCUT2D eigenvalue weighted by Crippen LogP contribution is 2.66. The number of fused-ring (bicyclic) bond motifs is 5. The largest absolute Gasteiger partial charge is 0.393 e. The fraction of sp³-hybridized carbons (Fsp3) is 0.905. The van der Waals surface area contributed by atoms with E-state index in [1.807, 2.05) is 13.2 Å². The van der Waals surface area contributed by atoms with Crippen LogP contribution in [-0.4, -0.2) is 36.1 Å². The highest BCUT2D eigenvalue weighted by atomic mass is 16.5. The molecule has 0 amide bonds. The Hall–Kier alpha value is -0.380. The van der Waals surface area contributed by atoms with Crippen molar-refractivity contribution in [1.82, 2.24) is 0 Å². The van der Waals surface area contributed by atoms with Crippen LogP contribution in [0.15, 0.2) is 12.2 Å². The van der Waals surface area contributed by atoms with Crippen LogP contribution in [0.1, 0.15) is 52.4 Å². The maximum absolute atomic E-state index is 10.6. The summed E-state index contributed by atoms with van der Waals surface area (Å²) in [5.41, 5.74) is 0.306. The number of rotatable bonds is 2. The fourth-order valence-electron chi connectivity index (χ4n) is 7.41. The van der Waals surface area contributed by atoms with Crippen LogP contribution in [0.3, 0.4) is 0 Å². The summed E-state index contributed by atoms with van der Waals surface area (Å²) in [6.07, 6.45) is 10.6. The topological polar surface area (TPSA) is 49.7 Å². The monoisotopic (exact) mass is 334 g/mol. The Morgan fingerprint density at radius 2 is 1.83 bits per heavy atom. The molecule has 24 heavy (non-hydrogen) atoms. The molecule has 3 heteroatoms. The summed E-state index contributed by atoms with van der Waals surface area (Å²) < 4.78 is 5.59. The van der Waals surface area contributed by atoms with Crippen LogP contribution in [0, 0.1) is 40.4 Å². The van der Waals surface area contributed by atoms with Crippen molar-refractivity contribution >= 4 is 0 Å². The van der Waals surface area contributed by atoms with Crippen LogP contribution < -0.4 is 0 Å². The predicted octanol–water partition coefficient (Wildman–Crippen LogP) is 3.40. The molecule has 0 spiro atoms.